The minimum atomic E-state index is -0.325. The fourth-order valence-corrected chi connectivity index (χ4v) is 4.00. The van der Waals surface area contributed by atoms with Gasteiger partial charge in [-0.1, -0.05) is 38.5 Å². The smallest absolute Gasteiger partial charge is 0.230 e. The molecule has 0 unspecified atom stereocenters. The summed E-state index contributed by atoms with van der Waals surface area (Å²) in [6.45, 7) is 4.44. The Hall–Kier alpha value is -2.09. The number of carbonyl (C=O) groups excluding carboxylic acids is 1. The Balaban J connectivity index is 1.58. The van der Waals surface area contributed by atoms with Crippen molar-refractivity contribution in [2.24, 2.45) is 11.8 Å². The summed E-state index contributed by atoms with van der Waals surface area (Å²) in [7, 11) is 0. The highest BCUT2D eigenvalue weighted by molar-refractivity contribution is 7.99. The molecule has 1 fully saturated rings. The van der Waals surface area contributed by atoms with Crippen LogP contribution in [0, 0.1) is 17.7 Å². The van der Waals surface area contributed by atoms with Gasteiger partial charge in [-0.3, -0.25) is 4.79 Å². The first kappa shape index (κ1) is 18.7. The lowest BCUT2D eigenvalue weighted by molar-refractivity contribution is -0.120. The van der Waals surface area contributed by atoms with Gasteiger partial charge in [0.1, 0.15) is 5.82 Å². The van der Waals surface area contributed by atoms with E-state index < -0.39 is 0 Å². The number of nitrogens with zero attached hydrogens (tertiary/aromatic N) is 3. The standard InChI is InChI=1S/C18H24FN5OS/c1-11-4-3-5-15(12(11)2)21-16(25)10-26-18-23-22-17(24(18)20)13-6-8-14(19)9-7-13/h6-9,11-12,15H,3-5,10,20H2,1-2H3,(H,21,25)/t11-,12-,15-/m1/s1. The van der Waals surface area contributed by atoms with Crippen molar-refractivity contribution in [1.82, 2.24) is 20.2 Å². The first-order valence-electron chi connectivity index (χ1n) is 8.84. The topological polar surface area (TPSA) is 85.8 Å². The number of thioether (sulfide) groups is 1. The number of hydrogen-bond donors (Lipinski definition) is 2. The van der Waals surface area contributed by atoms with Gasteiger partial charge in [0, 0.05) is 11.6 Å². The van der Waals surface area contributed by atoms with Crippen LogP contribution in [0.2, 0.25) is 0 Å². The van der Waals surface area contributed by atoms with Crippen LogP contribution in [0.25, 0.3) is 11.4 Å². The van der Waals surface area contributed by atoms with Gasteiger partial charge in [0.15, 0.2) is 5.82 Å². The molecule has 2 aromatic rings. The molecule has 0 spiro atoms. The average molecular weight is 377 g/mol. The van der Waals surface area contributed by atoms with Crippen LogP contribution in [-0.4, -0.2) is 32.6 Å². The SMILES string of the molecule is C[C@@H]1[C@H](C)CCC[C@H]1NC(=O)CSc1nnc(-c2ccc(F)cc2)n1N. The predicted octanol–water partition coefficient (Wildman–Crippen LogP) is 2.83. The third-order valence-corrected chi connectivity index (χ3v) is 6.10. The van der Waals surface area contributed by atoms with Crippen LogP contribution in [0.3, 0.4) is 0 Å². The van der Waals surface area contributed by atoms with Crippen molar-refractivity contribution in [3.63, 3.8) is 0 Å². The molecule has 0 aliphatic heterocycles. The van der Waals surface area contributed by atoms with Gasteiger partial charge < -0.3 is 11.2 Å². The largest absolute Gasteiger partial charge is 0.352 e. The Morgan fingerprint density at radius 3 is 2.77 bits per heavy atom. The molecule has 1 aromatic heterocycles. The summed E-state index contributed by atoms with van der Waals surface area (Å²) in [5.41, 5.74) is 0.669. The molecule has 140 valence electrons. The summed E-state index contributed by atoms with van der Waals surface area (Å²) < 4.78 is 14.4. The van der Waals surface area contributed by atoms with Gasteiger partial charge in [0.2, 0.25) is 11.1 Å². The van der Waals surface area contributed by atoms with E-state index in [4.69, 9.17) is 5.84 Å². The maximum absolute atomic E-state index is 13.0. The van der Waals surface area contributed by atoms with E-state index in [1.54, 1.807) is 12.1 Å². The summed E-state index contributed by atoms with van der Waals surface area (Å²) >= 11 is 1.24. The molecule has 0 saturated heterocycles. The number of amides is 1. The van der Waals surface area contributed by atoms with E-state index in [9.17, 15) is 9.18 Å². The van der Waals surface area contributed by atoms with Crippen LogP contribution in [0.1, 0.15) is 33.1 Å². The molecule has 1 aliphatic rings. The minimum absolute atomic E-state index is 0.0210. The molecule has 3 N–H and O–H groups in total. The van der Waals surface area contributed by atoms with Gasteiger partial charge in [-0.15, -0.1) is 10.2 Å². The molecule has 1 heterocycles. The van der Waals surface area contributed by atoms with Gasteiger partial charge in [-0.05, 0) is 42.5 Å². The molecular weight excluding hydrogens is 353 g/mol. The van der Waals surface area contributed by atoms with Crippen molar-refractivity contribution in [1.29, 1.82) is 0 Å². The molecule has 1 saturated carbocycles. The Labute approximate surface area is 156 Å². The number of halogens is 1. The highest BCUT2D eigenvalue weighted by Gasteiger charge is 2.28. The van der Waals surface area contributed by atoms with Crippen molar-refractivity contribution in [2.45, 2.75) is 44.3 Å². The third kappa shape index (κ3) is 4.17. The van der Waals surface area contributed by atoms with E-state index in [-0.39, 0.29) is 23.5 Å². The molecule has 26 heavy (non-hydrogen) atoms. The van der Waals surface area contributed by atoms with Crippen LogP contribution in [0.15, 0.2) is 29.4 Å². The van der Waals surface area contributed by atoms with Crippen molar-refractivity contribution >= 4 is 17.7 Å². The molecule has 3 rings (SSSR count). The highest BCUT2D eigenvalue weighted by atomic mass is 32.2. The third-order valence-electron chi connectivity index (χ3n) is 5.15. The van der Waals surface area contributed by atoms with Gasteiger partial charge >= 0.3 is 0 Å². The van der Waals surface area contributed by atoms with E-state index in [1.165, 1.54) is 35.0 Å². The molecule has 3 atom stereocenters. The summed E-state index contributed by atoms with van der Waals surface area (Å²) in [5.74, 6) is 7.47. The second-order valence-electron chi connectivity index (χ2n) is 6.91. The van der Waals surface area contributed by atoms with Crippen molar-refractivity contribution in [2.75, 3.05) is 11.6 Å². The minimum Gasteiger partial charge on any atom is -0.352 e. The van der Waals surface area contributed by atoms with Crippen LogP contribution in [-0.2, 0) is 4.79 Å². The van der Waals surface area contributed by atoms with E-state index in [2.05, 4.69) is 29.4 Å². The predicted molar refractivity (Wildman–Crippen MR) is 100 cm³/mol. The maximum Gasteiger partial charge on any atom is 0.230 e. The molecule has 0 bridgehead atoms. The molecule has 1 aromatic carbocycles. The monoisotopic (exact) mass is 377 g/mol. The average Bonchev–Trinajstić information content (AvgIpc) is 2.99. The van der Waals surface area contributed by atoms with Gasteiger partial charge in [-0.25, -0.2) is 9.07 Å². The van der Waals surface area contributed by atoms with Crippen LogP contribution in [0.4, 0.5) is 4.39 Å². The molecule has 1 amide bonds. The Bertz CT molecular complexity index is 763. The zero-order valence-corrected chi connectivity index (χ0v) is 15.8. The van der Waals surface area contributed by atoms with Crippen molar-refractivity contribution in [3.8, 4) is 11.4 Å². The summed E-state index contributed by atoms with van der Waals surface area (Å²) in [6.07, 6.45) is 3.41. The molecular formula is C18H24FN5OS. The Kier molecular flexibility index (Phi) is 5.80. The molecule has 8 heteroatoms. The molecule has 1 aliphatic carbocycles. The van der Waals surface area contributed by atoms with Gasteiger partial charge in [0.05, 0.1) is 5.75 Å². The lowest BCUT2D eigenvalue weighted by atomic mass is 9.78. The number of hydrogen-bond acceptors (Lipinski definition) is 5. The van der Waals surface area contributed by atoms with Crippen molar-refractivity contribution < 1.29 is 9.18 Å². The number of aromatic nitrogens is 3. The second-order valence-corrected chi connectivity index (χ2v) is 7.86. The maximum atomic E-state index is 13.0. The first-order valence-corrected chi connectivity index (χ1v) is 9.83. The summed E-state index contributed by atoms with van der Waals surface area (Å²) in [6, 6.07) is 6.11. The lowest BCUT2D eigenvalue weighted by Gasteiger charge is -2.34. The highest BCUT2D eigenvalue weighted by Crippen LogP contribution is 2.29. The summed E-state index contributed by atoms with van der Waals surface area (Å²) in [5, 5.41) is 11.7. The van der Waals surface area contributed by atoms with E-state index >= 15 is 0 Å². The fraction of sp³-hybridized carbons (Fsp3) is 0.500. The zero-order valence-electron chi connectivity index (χ0n) is 15.0. The normalized spacial score (nSPS) is 23.0. The van der Waals surface area contributed by atoms with Gasteiger partial charge in [-0.2, -0.15) is 0 Å². The number of nitrogens with two attached hydrogens (primary N) is 1. The molecule has 0 radical (unpaired) electrons. The van der Waals surface area contributed by atoms with E-state index in [0.717, 1.165) is 12.8 Å². The van der Waals surface area contributed by atoms with Crippen LogP contribution >= 0.6 is 11.8 Å². The zero-order chi connectivity index (χ0) is 18.7. The van der Waals surface area contributed by atoms with Gasteiger partial charge in [0.25, 0.3) is 0 Å². The Morgan fingerprint density at radius 1 is 1.31 bits per heavy atom. The number of carbonyl (C=O) groups is 1. The quantitative estimate of drug-likeness (QED) is 0.618. The number of benzene rings is 1. The number of nitrogens with one attached hydrogen (secondary N) is 1. The van der Waals surface area contributed by atoms with E-state index in [1.807, 2.05) is 0 Å². The van der Waals surface area contributed by atoms with E-state index in [0.29, 0.717) is 28.4 Å². The van der Waals surface area contributed by atoms with Crippen molar-refractivity contribution in [3.05, 3.63) is 30.1 Å². The fourth-order valence-electron chi connectivity index (χ4n) is 3.34. The second kappa shape index (κ2) is 8.07. The number of rotatable bonds is 5. The van der Waals surface area contributed by atoms with Crippen LogP contribution < -0.4 is 11.2 Å². The van der Waals surface area contributed by atoms with Crippen LogP contribution in [0.5, 0.6) is 0 Å². The Morgan fingerprint density at radius 2 is 2.04 bits per heavy atom. The summed E-state index contributed by atoms with van der Waals surface area (Å²) in [4.78, 5) is 12.3. The first-order chi connectivity index (χ1) is 12.5. The number of nitrogen functional groups attached to an aromatic ring is 1. The lowest BCUT2D eigenvalue weighted by Crippen LogP contribution is -2.44. The molecule has 6 nitrogen and oxygen atoms in total.